The summed E-state index contributed by atoms with van der Waals surface area (Å²) in [5.41, 5.74) is 2.84. The van der Waals surface area contributed by atoms with Crippen LogP contribution in [0.3, 0.4) is 0 Å². The summed E-state index contributed by atoms with van der Waals surface area (Å²) < 4.78 is 0. The highest BCUT2D eigenvalue weighted by Gasteiger charge is 2.12. The Hall–Kier alpha value is -1.87. The molecule has 0 unspecified atom stereocenters. The lowest BCUT2D eigenvalue weighted by Gasteiger charge is -2.17. The van der Waals surface area contributed by atoms with Crippen molar-refractivity contribution in [3.63, 3.8) is 0 Å². The number of benzene rings is 1. The fourth-order valence-corrected chi connectivity index (χ4v) is 1.99. The third kappa shape index (κ3) is 3.55. The van der Waals surface area contributed by atoms with Crippen molar-refractivity contribution in [2.75, 3.05) is 7.05 Å². The summed E-state index contributed by atoms with van der Waals surface area (Å²) in [5.74, 6) is -0.0642. The Labute approximate surface area is 117 Å². The first-order chi connectivity index (χ1) is 9.06. The third-order valence-corrected chi connectivity index (χ3v) is 3.05. The van der Waals surface area contributed by atoms with Crippen LogP contribution in [-0.2, 0) is 6.54 Å². The van der Waals surface area contributed by atoms with Gasteiger partial charge in [0, 0.05) is 19.8 Å². The predicted molar refractivity (Wildman–Crippen MR) is 76.2 cm³/mol. The lowest BCUT2D eigenvalue weighted by atomic mass is 10.1. The van der Waals surface area contributed by atoms with Crippen LogP contribution in [0.25, 0.3) is 0 Å². The molecular weight excluding hydrogens is 260 g/mol. The summed E-state index contributed by atoms with van der Waals surface area (Å²) in [7, 11) is 1.78. The van der Waals surface area contributed by atoms with Crippen molar-refractivity contribution in [1.29, 1.82) is 0 Å². The summed E-state index contributed by atoms with van der Waals surface area (Å²) >= 11 is 5.71. The Bertz CT molecular complexity index is 581. The zero-order valence-corrected chi connectivity index (χ0v) is 11.7. The molecule has 0 N–H and O–H groups in total. The summed E-state index contributed by atoms with van der Waals surface area (Å²) in [6.45, 7) is 2.61. The number of rotatable bonds is 3. The van der Waals surface area contributed by atoms with Gasteiger partial charge in [0.2, 0.25) is 0 Å². The molecule has 98 valence electrons. The number of hydrogen-bond acceptors (Lipinski definition) is 2. The van der Waals surface area contributed by atoms with Crippen molar-refractivity contribution in [3.05, 3.63) is 64.4 Å². The van der Waals surface area contributed by atoms with Crippen LogP contribution in [0.2, 0.25) is 5.15 Å². The summed E-state index contributed by atoms with van der Waals surface area (Å²) in [4.78, 5) is 17.8. The van der Waals surface area contributed by atoms with Crippen LogP contribution in [0.4, 0.5) is 0 Å². The van der Waals surface area contributed by atoms with Gasteiger partial charge in [-0.05, 0) is 24.6 Å². The fourth-order valence-electron chi connectivity index (χ4n) is 1.88. The van der Waals surface area contributed by atoms with E-state index in [4.69, 9.17) is 11.6 Å². The molecule has 1 heterocycles. The standard InChI is InChI=1S/C15H15ClN2O/c1-11-4-3-5-12(8-11)10-18(2)15(19)13-6-7-14(16)17-9-13/h3-9H,10H2,1-2H3. The van der Waals surface area contributed by atoms with Gasteiger partial charge in [-0.3, -0.25) is 4.79 Å². The van der Waals surface area contributed by atoms with E-state index < -0.39 is 0 Å². The van der Waals surface area contributed by atoms with Gasteiger partial charge in [0.1, 0.15) is 5.15 Å². The van der Waals surface area contributed by atoms with E-state index >= 15 is 0 Å². The molecule has 0 aliphatic heterocycles. The van der Waals surface area contributed by atoms with E-state index in [0.717, 1.165) is 5.56 Å². The molecule has 19 heavy (non-hydrogen) atoms. The Morgan fingerprint density at radius 2 is 2.11 bits per heavy atom. The van der Waals surface area contributed by atoms with Gasteiger partial charge in [-0.2, -0.15) is 0 Å². The highest BCUT2D eigenvalue weighted by molar-refractivity contribution is 6.29. The lowest BCUT2D eigenvalue weighted by molar-refractivity contribution is 0.0784. The van der Waals surface area contributed by atoms with Crippen molar-refractivity contribution < 1.29 is 4.79 Å². The Balaban J connectivity index is 2.09. The monoisotopic (exact) mass is 274 g/mol. The van der Waals surface area contributed by atoms with E-state index in [1.54, 1.807) is 24.1 Å². The summed E-state index contributed by atoms with van der Waals surface area (Å²) in [5, 5.41) is 0.387. The van der Waals surface area contributed by atoms with E-state index in [0.29, 0.717) is 17.3 Å². The molecule has 0 bridgehead atoms. The van der Waals surface area contributed by atoms with E-state index in [-0.39, 0.29) is 5.91 Å². The Kier molecular flexibility index (Phi) is 4.17. The molecule has 0 aliphatic rings. The summed E-state index contributed by atoms with van der Waals surface area (Å²) in [6.07, 6.45) is 1.50. The maximum Gasteiger partial charge on any atom is 0.255 e. The first kappa shape index (κ1) is 13.6. The third-order valence-electron chi connectivity index (χ3n) is 2.82. The molecule has 1 aromatic carbocycles. The van der Waals surface area contributed by atoms with Crippen LogP contribution in [-0.4, -0.2) is 22.8 Å². The van der Waals surface area contributed by atoms with Gasteiger partial charge < -0.3 is 4.90 Å². The molecule has 0 atom stereocenters. The highest BCUT2D eigenvalue weighted by Crippen LogP contribution is 2.11. The fraction of sp³-hybridized carbons (Fsp3) is 0.200. The average Bonchev–Trinajstić information content (AvgIpc) is 2.39. The Morgan fingerprint density at radius 1 is 1.32 bits per heavy atom. The zero-order valence-electron chi connectivity index (χ0n) is 10.9. The molecule has 2 rings (SSSR count). The first-order valence-corrected chi connectivity index (χ1v) is 6.36. The summed E-state index contributed by atoms with van der Waals surface area (Å²) in [6, 6.07) is 11.4. The first-order valence-electron chi connectivity index (χ1n) is 5.99. The van der Waals surface area contributed by atoms with Crippen molar-refractivity contribution in [1.82, 2.24) is 9.88 Å². The number of hydrogen-bond donors (Lipinski definition) is 0. The molecule has 0 saturated carbocycles. The smallest absolute Gasteiger partial charge is 0.255 e. The van der Waals surface area contributed by atoms with Gasteiger partial charge >= 0.3 is 0 Å². The molecule has 0 fully saturated rings. The number of carbonyl (C=O) groups excluding carboxylic acids is 1. The van der Waals surface area contributed by atoms with Crippen LogP contribution < -0.4 is 0 Å². The van der Waals surface area contributed by atoms with Crippen LogP contribution in [0.15, 0.2) is 42.6 Å². The van der Waals surface area contributed by atoms with Crippen LogP contribution in [0.1, 0.15) is 21.5 Å². The molecule has 1 aromatic heterocycles. The topological polar surface area (TPSA) is 33.2 Å². The SMILES string of the molecule is Cc1cccc(CN(C)C(=O)c2ccc(Cl)nc2)c1. The minimum Gasteiger partial charge on any atom is -0.337 e. The second-order valence-electron chi connectivity index (χ2n) is 4.52. The quantitative estimate of drug-likeness (QED) is 0.805. The molecule has 0 aliphatic carbocycles. The minimum absolute atomic E-state index is 0.0642. The molecule has 0 saturated heterocycles. The molecule has 1 amide bonds. The van der Waals surface area contributed by atoms with Crippen LogP contribution in [0.5, 0.6) is 0 Å². The highest BCUT2D eigenvalue weighted by atomic mass is 35.5. The normalized spacial score (nSPS) is 10.3. The Morgan fingerprint density at radius 3 is 2.74 bits per heavy atom. The molecule has 3 nitrogen and oxygen atoms in total. The number of carbonyl (C=O) groups is 1. The maximum absolute atomic E-state index is 12.2. The largest absolute Gasteiger partial charge is 0.337 e. The molecule has 2 aromatic rings. The van der Waals surface area contributed by atoms with Gasteiger partial charge in [-0.25, -0.2) is 4.98 Å². The molecular formula is C15H15ClN2O. The maximum atomic E-state index is 12.2. The van der Waals surface area contributed by atoms with E-state index in [1.165, 1.54) is 11.8 Å². The predicted octanol–water partition coefficient (Wildman–Crippen LogP) is 3.32. The van der Waals surface area contributed by atoms with Crippen molar-refractivity contribution in [2.24, 2.45) is 0 Å². The van der Waals surface area contributed by atoms with Crippen molar-refractivity contribution in [2.45, 2.75) is 13.5 Å². The van der Waals surface area contributed by atoms with Gasteiger partial charge in [-0.1, -0.05) is 41.4 Å². The van der Waals surface area contributed by atoms with E-state index in [1.807, 2.05) is 25.1 Å². The second-order valence-corrected chi connectivity index (χ2v) is 4.91. The molecule has 0 spiro atoms. The van der Waals surface area contributed by atoms with E-state index in [2.05, 4.69) is 11.1 Å². The molecule has 0 radical (unpaired) electrons. The lowest BCUT2D eigenvalue weighted by Crippen LogP contribution is -2.26. The molecule has 4 heteroatoms. The number of pyridine rings is 1. The number of halogens is 1. The van der Waals surface area contributed by atoms with Gasteiger partial charge in [0.25, 0.3) is 5.91 Å². The van der Waals surface area contributed by atoms with E-state index in [9.17, 15) is 4.79 Å². The number of aromatic nitrogens is 1. The number of nitrogens with zero attached hydrogens (tertiary/aromatic N) is 2. The zero-order chi connectivity index (χ0) is 13.8. The minimum atomic E-state index is -0.0642. The van der Waals surface area contributed by atoms with Gasteiger partial charge in [-0.15, -0.1) is 0 Å². The van der Waals surface area contributed by atoms with Crippen LogP contribution in [0, 0.1) is 6.92 Å². The number of aryl methyl sites for hydroxylation is 1. The van der Waals surface area contributed by atoms with Gasteiger partial charge in [0.05, 0.1) is 5.56 Å². The van der Waals surface area contributed by atoms with Crippen molar-refractivity contribution in [3.8, 4) is 0 Å². The van der Waals surface area contributed by atoms with Crippen LogP contribution >= 0.6 is 11.6 Å². The number of amides is 1. The van der Waals surface area contributed by atoms with Gasteiger partial charge in [0.15, 0.2) is 0 Å². The van der Waals surface area contributed by atoms with Crippen molar-refractivity contribution >= 4 is 17.5 Å². The average molecular weight is 275 g/mol. The second kappa shape index (κ2) is 5.85.